The van der Waals surface area contributed by atoms with Crippen molar-refractivity contribution in [2.75, 3.05) is 12.3 Å². The normalized spacial score (nSPS) is 19.9. The number of amides is 1. The highest BCUT2D eigenvalue weighted by Crippen LogP contribution is 2.38. The van der Waals surface area contributed by atoms with Crippen molar-refractivity contribution < 1.29 is 4.79 Å². The summed E-state index contributed by atoms with van der Waals surface area (Å²) in [7, 11) is 0. The monoisotopic (exact) mass is 324 g/mol. The first-order valence-corrected chi connectivity index (χ1v) is 8.68. The number of nitrogens with zero attached hydrogens (tertiary/aromatic N) is 3. The summed E-state index contributed by atoms with van der Waals surface area (Å²) in [5, 5.41) is 9.63. The number of fused-ring (bicyclic) bond motifs is 1. The molecule has 1 aromatic heterocycles. The summed E-state index contributed by atoms with van der Waals surface area (Å²) in [5.41, 5.74) is 9.63. The number of rotatable bonds is 2. The van der Waals surface area contributed by atoms with Crippen molar-refractivity contribution in [3.8, 4) is 6.07 Å². The Kier molecular flexibility index (Phi) is 4.57. The molecule has 3 rings (SSSR count). The molecule has 0 radical (unpaired) electrons. The Morgan fingerprint density at radius 2 is 2.25 bits per heavy atom. The smallest absolute Gasteiger partial charge is 0.225 e. The van der Waals surface area contributed by atoms with Crippen LogP contribution in [0.1, 0.15) is 61.4 Å². The number of carbonyl (C=O) groups is 1. The molecule has 1 aliphatic carbocycles. The number of nitriles is 1. The predicted octanol–water partition coefficient (Wildman–Crippen LogP) is 2.90. The topological polar surface area (TPSA) is 83.0 Å². The first-order valence-electron chi connectivity index (χ1n) is 8.68. The standard InChI is InChI=1S/C19H24N4O/c1-12(2)19(24)23-9-8-16-15(11-23)17(13-6-4-3-5-7-13)14(10-20)18(21)22-16/h3-4,12-13H,5-9,11H2,1-2H3,(H2,21,22). The summed E-state index contributed by atoms with van der Waals surface area (Å²) in [6.45, 7) is 5.06. The third-order valence-electron chi connectivity index (χ3n) is 5.02. The number of hydrogen-bond acceptors (Lipinski definition) is 4. The highest BCUT2D eigenvalue weighted by Gasteiger charge is 2.30. The Morgan fingerprint density at radius 3 is 2.88 bits per heavy atom. The van der Waals surface area contributed by atoms with Crippen LogP contribution in [0.4, 0.5) is 5.82 Å². The Hall–Kier alpha value is -2.35. The Bertz CT molecular complexity index is 730. The van der Waals surface area contributed by atoms with Crippen molar-refractivity contribution in [1.82, 2.24) is 9.88 Å². The van der Waals surface area contributed by atoms with Gasteiger partial charge in [0.15, 0.2) is 0 Å². The highest BCUT2D eigenvalue weighted by molar-refractivity contribution is 5.78. The van der Waals surface area contributed by atoms with Gasteiger partial charge in [0.25, 0.3) is 0 Å². The summed E-state index contributed by atoms with van der Waals surface area (Å²) >= 11 is 0. The lowest BCUT2D eigenvalue weighted by Gasteiger charge is -2.33. The van der Waals surface area contributed by atoms with Gasteiger partial charge >= 0.3 is 0 Å². The Balaban J connectivity index is 2.07. The molecule has 24 heavy (non-hydrogen) atoms. The fourth-order valence-electron chi connectivity index (χ4n) is 3.78. The summed E-state index contributed by atoms with van der Waals surface area (Å²) in [6, 6.07) is 2.26. The molecule has 126 valence electrons. The van der Waals surface area contributed by atoms with Crippen molar-refractivity contribution in [3.63, 3.8) is 0 Å². The number of nitrogen functional groups attached to an aromatic ring is 1. The summed E-state index contributed by atoms with van der Waals surface area (Å²) < 4.78 is 0. The van der Waals surface area contributed by atoms with E-state index in [1.54, 1.807) is 0 Å². The second-order valence-corrected chi connectivity index (χ2v) is 6.97. The molecule has 5 nitrogen and oxygen atoms in total. The number of allylic oxidation sites excluding steroid dienone is 2. The van der Waals surface area contributed by atoms with Crippen molar-refractivity contribution >= 4 is 11.7 Å². The van der Waals surface area contributed by atoms with Gasteiger partial charge in [0, 0.05) is 31.1 Å². The third-order valence-corrected chi connectivity index (χ3v) is 5.02. The van der Waals surface area contributed by atoms with E-state index in [4.69, 9.17) is 5.73 Å². The van der Waals surface area contributed by atoms with E-state index in [1.165, 1.54) is 0 Å². The third kappa shape index (κ3) is 2.89. The number of carbonyl (C=O) groups excluding carboxylic acids is 1. The molecule has 0 saturated carbocycles. The molecule has 0 spiro atoms. The predicted molar refractivity (Wildman–Crippen MR) is 93.1 cm³/mol. The number of nitrogens with two attached hydrogens (primary N) is 1. The molecule has 0 fully saturated rings. The fourth-order valence-corrected chi connectivity index (χ4v) is 3.78. The zero-order valence-electron chi connectivity index (χ0n) is 14.4. The number of aromatic nitrogens is 1. The molecule has 0 aromatic carbocycles. The van der Waals surface area contributed by atoms with Gasteiger partial charge in [0.05, 0.1) is 5.56 Å². The lowest BCUT2D eigenvalue weighted by molar-refractivity contribution is -0.135. The van der Waals surface area contributed by atoms with Gasteiger partial charge in [-0.15, -0.1) is 0 Å². The lowest BCUT2D eigenvalue weighted by atomic mass is 9.81. The lowest BCUT2D eigenvalue weighted by Crippen LogP contribution is -2.39. The Labute approximate surface area is 143 Å². The second-order valence-electron chi connectivity index (χ2n) is 6.97. The molecule has 2 N–H and O–H groups in total. The van der Waals surface area contributed by atoms with Crippen LogP contribution in [-0.4, -0.2) is 22.3 Å². The van der Waals surface area contributed by atoms with Gasteiger partial charge in [0.2, 0.25) is 5.91 Å². The maximum atomic E-state index is 12.4. The number of anilines is 1. The molecule has 1 aliphatic heterocycles. The summed E-state index contributed by atoms with van der Waals surface area (Å²) in [5.74, 6) is 0.762. The number of hydrogen-bond donors (Lipinski definition) is 1. The second kappa shape index (κ2) is 6.64. The van der Waals surface area contributed by atoms with Gasteiger partial charge in [-0.1, -0.05) is 26.0 Å². The van der Waals surface area contributed by atoms with E-state index in [9.17, 15) is 10.1 Å². The van der Waals surface area contributed by atoms with E-state index in [-0.39, 0.29) is 17.7 Å². The van der Waals surface area contributed by atoms with Crippen LogP contribution in [0, 0.1) is 17.2 Å². The molecular formula is C19H24N4O. The van der Waals surface area contributed by atoms with Crippen molar-refractivity contribution in [2.45, 2.75) is 52.0 Å². The van der Waals surface area contributed by atoms with Crippen molar-refractivity contribution in [3.05, 3.63) is 34.5 Å². The zero-order valence-corrected chi connectivity index (χ0v) is 14.4. The van der Waals surface area contributed by atoms with Crippen LogP contribution in [0.5, 0.6) is 0 Å². The molecule has 1 amide bonds. The Morgan fingerprint density at radius 1 is 1.46 bits per heavy atom. The molecule has 2 heterocycles. The zero-order chi connectivity index (χ0) is 17.3. The molecule has 2 aliphatic rings. The minimum absolute atomic E-state index is 0.0233. The molecule has 0 saturated heterocycles. The van der Waals surface area contributed by atoms with Gasteiger partial charge in [-0.05, 0) is 36.3 Å². The quantitative estimate of drug-likeness (QED) is 0.848. The first kappa shape index (κ1) is 16.5. The average Bonchev–Trinajstić information content (AvgIpc) is 2.60. The minimum Gasteiger partial charge on any atom is -0.383 e. The van der Waals surface area contributed by atoms with Crippen LogP contribution in [0.3, 0.4) is 0 Å². The van der Waals surface area contributed by atoms with E-state index in [0.29, 0.717) is 30.9 Å². The average molecular weight is 324 g/mol. The van der Waals surface area contributed by atoms with Gasteiger partial charge in [-0.25, -0.2) is 4.98 Å². The van der Waals surface area contributed by atoms with E-state index in [0.717, 1.165) is 36.1 Å². The molecule has 1 aromatic rings. The molecular weight excluding hydrogens is 300 g/mol. The largest absolute Gasteiger partial charge is 0.383 e. The van der Waals surface area contributed by atoms with Crippen LogP contribution in [-0.2, 0) is 17.8 Å². The SMILES string of the molecule is CC(C)C(=O)N1CCc2nc(N)c(C#N)c(C3CC=CCC3)c2C1. The molecule has 1 unspecified atom stereocenters. The van der Waals surface area contributed by atoms with E-state index in [1.807, 2.05) is 18.7 Å². The maximum absolute atomic E-state index is 12.4. The van der Waals surface area contributed by atoms with E-state index < -0.39 is 0 Å². The van der Waals surface area contributed by atoms with Gasteiger partial charge in [-0.3, -0.25) is 4.79 Å². The van der Waals surface area contributed by atoms with Crippen molar-refractivity contribution in [1.29, 1.82) is 5.26 Å². The number of pyridine rings is 1. The summed E-state index contributed by atoms with van der Waals surface area (Å²) in [4.78, 5) is 18.8. The minimum atomic E-state index is -0.0233. The van der Waals surface area contributed by atoms with Crippen LogP contribution in [0.2, 0.25) is 0 Å². The van der Waals surface area contributed by atoms with Crippen LogP contribution >= 0.6 is 0 Å². The molecule has 0 bridgehead atoms. The van der Waals surface area contributed by atoms with Gasteiger partial charge in [0.1, 0.15) is 11.9 Å². The first-order chi connectivity index (χ1) is 11.5. The molecule has 5 heteroatoms. The highest BCUT2D eigenvalue weighted by atomic mass is 16.2. The fraction of sp³-hybridized carbons (Fsp3) is 0.526. The van der Waals surface area contributed by atoms with E-state index in [2.05, 4.69) is 23.2 Å². The van der Waals surface area contributed by atoms with Crippen LogP contribution in [0.15, 0.2) is 12.2 Å². The van der Waals surface area contributed by atoms with Gasteiger partial charge < -0.3 is 10.6 Å². The van der Waals surface area contributed by atoms with Crippen LogP contribution < -0.4 is 5.73 Å². The summed E-state index contributed by atoms with van der Waals surface area (Å²) in [6.07, 6.45) is 8.02. The maximum Gasteiger partial charge on any atom is 0.225 e. The molecule has 1 atom stereocenters. The van der Waals surface area contributed by atoms with Crippen molar-refractivity contribution in [2.24, 2.45) is 5.92 Å². The van der Waals surface area contributed by atoms with E-state index >= 15 is 0 Å². The van der Waals surface area contributed by atoms with Gasteiger partial charge in [-0.2, -0.15) is 5.26 Å². The van der Waals surface area contributed by atoms with Crippen LogP contribution in [0.25, 0.3) is 0 Å².